The summed E-state index contributed by atoms with van der Waals surface area (Å²) in [6.07, 6.45) is 8.50. The Morgan fingerprint density at radius 3 is 1.39 bits per heavy atom. The lowest BCUT2D eigenvalue weighted by Crippen LogP contribution is -2.36. The number of rotatable bonds is 2. The highest BCUT2D eigenvalue weighted by atomic mass is 14.5. The van der Waals surface area contributed by atoms with E-state index in [4.69, 9.17) is 0 Å². The molecule has 0 atom stereocenters. The van der Waals surface area contributed by atoms with Crippen molar-refractivity contribution in [3.05, 3.63) is 0 Å². The first-order chi connectivity index (χ1) is 7.83. The van der Waals surface area contributed by atoms with Crippen LogP contribution in [-0.2, 0) is 0 Å². The molecule has 0 aromatic heterocycles. The third-order valence-electron chi connectivity index (χ3n) is 4.47. The molecule has 18 heavy (non-hydrogen) atoms. The molecular formula is C17H35B. The molecule has 106 valence electrons. The van der Waals surface area contributed by atoms with E-state index in [1.807, 2.05) is 0 Å². The zero-order chi connectivity index (χ0) is 14.2. The van der Waals surface area contributed by atoms with Gasteiger partial charge in [-0.05, 0) is 41.9 Å². The van der Waals surface area contributed by atoms with E-state index in [9.17, 15) is 0 Å². The first-order valence-electron chi connectivity index (χ1n) is 7.83. The standard InChI is InChI=1S/C17H35B/c1-14(2,3)12-17(13-15(4,5)6)10-8-16(7,18)9-11-17/h8-13,18H2,1-7H3. The second-order valence-electron chi connectivity index (χ2n) is 10.1. The van der Waals surface area contributed by atoms with Gasteiger partial charge in [-0.2, -0.15) is 0 Å². The van der Waals surface area contributed by atoms with Gasteiger partial charge in [-0.1, -0.05) is 66.6 Å². The Hall–Kier alpha value is 0.0649. The molecule has 0 aromatic rings. The topological polar surface area (TPSA) is 0 Å². The SMILES string of the molecule is BC1(C)CCC(CC(C)(C)C)(CC(C)(C)C)CC1. The molecule has 1 aliphatic rings. The van der Waals surface area contributed by atoms with Gasteiger partial charge in [0.1, 0.15) is 7.85 Å². The average Bonchev–Trinajstić information content (AvgIpc) is 2.05. The summed E-state index contributed by atoms with van der Waals surface area (Å²) in [6.45, 7) is 16.9. The summed E-state index contributed by atoms with van der Waals surface area (Å²) in [5, 5.41) is 0.583. The summed E-state index contributed by atoms with van der Waals surface area (Å²) >= 11 is 0. The minimum atomic E-state index is 0.465. The van der Waals surface area contributed by atoms with Crippen molar-refractivity contribution in [2.45, 2.75) is 92.3 Å². The van der Waals surface area contributed by atoms with E-state index in [1.54, 1.807) is 0 Å². The van der Waals surface area contributed by atoms with E-state index >= 15 is 0 Å². The van der Waals surface area contributed by atoms with E-state index < -0.39 is 0 Å². The second kappa shape index (κ2) is 4.87. The fourth-order valence-electron chi connectivity index (χ4n) is 4.12. The Bertz CT molecular complexity index is 247. The van der Waals surface area contributed by atoms with Crippen LogP contribution in [-0.4, -0.2) is 7.85 Å². The molecule has 0 aliphatic heterocycles. The lowest BCUT2D eigenvalue weighted by atomic mass is 9.51. The monoisotopic (exact) mass is 250 g/mol. The molecule has 0 bridgehead atoms. The first-order valence-corrected chi connectivity index (χ1v) is 7.83. The van der Waals surface area contributed by atoms with Gasteiger partial charge in [0.25, 0.3) is 0 Å². The van der Waals surface area contributed by atoms with Gasteiger partial charge in [-0.15, -0.1) is 0 Å². The van der Waals surface area contributed by atoms with Gasteiger partial charge in [-0.3, -0.25) is 0 Å². The van der Waals surface area contributed by atoms with Crippen LogP contribution in [0.15, 0.2) is 0 Å². The highest BCUT2D eigenvalue weighted by molar-refractivity contribution is 6.14. The van der Waals surface area contributed by atoms with Gasteiger partial charge in [0.2, 0.25) is 0 Å². The van der Waals surface area contributed by atoms with Gasteiger partial charge in [-0.25, -0.2) is 0 Å². The van der Waals surface area contributed by atoms with Crippen molar-refractivity contribution in [3.63, 3.8) is 0 Å². The average molecular weight is 250 g/mol. The quantitative estimate of drug-likeness (QED) is 0.588. The molecule has 1 saturated carbocycles. The number of hydrogen-bond donors (Lipinski definition) is 0. The highest BCUT2D eigenvalue weighted by Crippen LogP contribution is 2.56. The molecule has 0 radical (unpaired) electrons. The maximum absolute atomic E-state index is 2.45. The summed E-state index contributed by atoms with van der Waals surface area (Å²) in [5.41, 5.74) is 1.53. The predicted molar refractivity (Wildman–Crippen MR) is 86.0 cm³/mol. The third kappa shape index (κ3) is 5.37. The summed E-state index contributed by atoms with van der Waals surface area (Å²) in [6, 6.07) is 0. The molecule has 0 spiro atoms. The van der Waals surface area contributed by atoms with Crippen LogP contribution in [0, 0.1) is 16.2 Å². The van der Waals surface area contributed by atoms with Gasteiger partial charge in [0.15, 0.2) is 0 Å². The molecule has 1 heteroatoms. The van der Waals surface area contributed by atoms with Crippen LogP contribution in [0.3, 0.4) is 0 Å². The van der Waals surface area contributed by atoms with Crippen molar-refractivity contribution in [2.24, 2.45) is 16.2 Å². The molecule has 0 amide bonds. The van der Waals surface area contributed by atoms with Crippen LogP contribution in [0.1, 0.15) is 87.0 Å². The van der Waals surface area contributed by atoms with Crippen LogP contribution >= 0.6 is 0 Å². The fraction of sp³-hybridized carbons (Fsp3) is 1.00. The number of hydrogen-bond acceptors (Lipinski definition) is 0. The lowest BCUT2D eigenvalue weighted by molar-refractivity contribution is 0.0520. The van der Waals surface area contributed by atoms with Crippen LogP contribution < -0.4 is 0 Å². The van der Waals surface area contributed by atoms with E-state index in [2.05, 4.69) is 56.3 Å². The van der Waals surface area contributed by atoms with Crippen molar-refractivity contribution in [1.29, 1.82) is 0 Å². The van der Waals surface area contributed by atoms with Crippen molar-refractivity contribution in [1.82, 2.24) is 0 Å². The molecule has 1 fully saturated rings. The van der Waals surface area contributed by atoms with Gasteiger partial charge in [0, 0.05) is 0 Å². The van der Waals surface area contributed by atoms with E-state index in [1.165, 1.54) is 38.5 Å². The molecule has 0 unspecified atom stereocenters. The summed E-state index contributed by atoms with van der Waals surface area (Å²) in [5.74, 6) is 0. The van der Waals surface area contributed by atoms with Crippen LogP contribution in [0.25, 0.3) is 0 Å². The van der Waals surface area contributed by atoms with Crippen LogP contribution in [0.4, 0.5) is 0 Å². The Labute approximate surface area is 117 Å². The molecule has 0 heterocycles. The third-order valence-corrected chi connectivity index (χ3v) is 4.47. The largest absolute Gasteiger partial charge is 0.109 e. The Morgan fingerprint density at radius 1 is 0.778 bits per heavy atom. The smallest absolute Gasteiger partial charge is 0.0669 e. The van der Waals surface area contributed by atoms with Crippen molar-refractivity contribution < 1.29 is 0 Å². The maximum atomic E-state index is 2.45. The summed E-state index contributed by atoms with van der Waals surface area (Å²) in [4.78, 5) is 0. The molecule has 0 saturated heterocycles. The second-order valence-corrected chi connectivity index (χ2v) is 10.1. The van der Waals surface area contributed by atoms with Crippen LogP contribution in [0.2, 0.25) is 5.31 Å². The van der Waals surface area contributed by atoms with Gasteiger partial charge >= 0.3 is 0 Å². The normalized spacial score (nSPS) is 23.9. The molecule has 0 aromatic carbocycles. The Kier molecular flexibility index (Phi) is 4.36. The molecular weight excluding hydrogens is 215 g/mol. The molecule has 0 nitrogen and oxygen atoms in total. The maximum Gasteiger partial charge on any atom is 0.109 e. The van der Waals surface area contributed by atoms with Gasteiger partial charge in [0.05, 0.1) is 0 Å². The highest BCUT2D eigenvalue weighted by Gasteiger charge is 2.42. The lowest BCUT2D eigenvalue weighted by Gasteiger charge is -2.49. The molecule has 0 N–H and O–H groups in total. The fourth-order valence-corrected chi connectivity index (χ4v) is 4.12. The van der Waals surface area contributed by atoms with E-state index in [0.29, 0.717) is 21.6 Å². The van der Waals surface area contributed by atoms with Crippen molar-refractivity contribution in [3.8, 4) is 0 Å². The van der Waals surface area contributed by atoms with Crippen LogP contribution in [0.5, 0.6) is 0 Å². The van der Waals surface area contributed by atoms with E-state index in [0.717, 1.165) is 0 Å². The Balaban J connectivity index is 2.83. The molecule has 1 aliphatic carbocycles. The van der Waals surface area contributed by atoms with Crippen molar-refractivity contribution >= 4 is 7.85 Å². The van der Waals surface area contributed by atoms with Gasteiger partial charge < -0.3 is 0 Å². The Morgan fingerprint density at radius 2 is 1.11 bits per heavy atom. The predicted octanol–water partition coefficient (Wildman–Crippen LogP) is 5.23. The first kappa shape index (κ1) is 16.1. The zero-order valence-corrected chi connectivity index (χ0v) is 14.2. The minimum absolute atomic E-state index is 0.465. The van der Waals surface area contributed by atoms with Crippen molar-refractivity contribution in [2.75, 3.05) is 0 Å². The summed E-state index contributed by atoms with van der Waals surface area (Å²) in [7, 11) is 2.45. The minimum Gasteiger partial charge on any atom is -0.0669 e. The summed E-state index contributed by atoms with van der Waals surface area (Å²) < 4.78 is 0. The van der Waals surface area contributed by atoms with E-state index in [-0.39, 0.29) is 0 Å². The zero-order valence-electron chi connectivity index (χ0n) is 14.2. The molecule has 1 rings (SSSR count).